The minimum atomic E-state index is -0.640. The molecule has 2 N–H and O–H groups in total. The van der Waals surface area contributed by atoms with E-state index in [1.165, 1.54) is 7.11 Å². The molecule has 3 atom stereocenters. The van der Waals surface area contributed by atoms with Gasteiger partial charge < -0.3 is 19.9 Å². The second-order valence-corrected chi connectivity index (χ2v) is 6.60. The van der Waals surface area contributed by atoms with Crippen molar-refractivity contribution in [2.45, 2.75) is 44.7 Å². The maximum absolute atomic E-state index is 12.7. The lowest BCUT2D eigenvalue weighted by Gasteiger charge is -2.26. The number of Topliss-reactive ketones (excluding diaryl/α,β-unsaturated/α-hetero) is 1. The van der Waals surface area contributed by atoms with Crippen molar-refractivity contribution in [2.24, 2.45) is 18.7 Å². The summed E-state index contributed by atoms with van der Waals surface area (Å²) >= 11 is 0. The highest BCUT2D eigenvalue weighted by molar-refractivity contribution is 5.93. The molecule has 2 rings (SSSR count). The van der Waals surface area contributed by atoms with Crippen LogP contribution in [0.2, 0.25) is 0 Å². The highest BCUT2D eigenvalue weighted by Crippen LogP contribution is 2.23. The average molecular weight is 350 g/mol. The Morgan fingerprint density at radius 1 is 1.44 bits per heavy atom. The van der Waals surface area contributed by atoms with E-state index in [0.29, 0.717) is 19.4 Å². The van der Waals surface area contributed by atoms with Crippen molar-refractivity contribution < 1.29 is 19.1 Å². The molecule has 0 saturated carbocycles. The van der Waals surface area contributed by atoms with Gasteiger partial charge in [-0.2, -0.15) is 0 Å². The number of rotatable bonds is 7. The molecule has 1 aromatic heterocycles. The third-order valence-electron chi connectivity index (χ3n) is 4.49. The van der Waals surface area contributed by atoms with Gasteiger partial charge in [0.1, 0.15) is 0 Å². The van der Waals surface area contributed by atoms with Crippen molar-refractivity contribution in [1.29, 1.82) is 0 Å². The topological polar surface area (TPSA) is 108 Å². The maximum Gasteiger partial charge on any atom is 0.309 e. The lowest BCUT2D eigenvalue weighted by atomic mass is 9.93. The molecule has 0 unspecified atom stereocenters. The van der Waals surface area contributed by atoms with Gasteiger partial charge in [-0.05, 0) is 19.8 Å². The molecule has 8 nitrogen and oxygen atoms in total. The van der Waals surface area contributed by atoms with E-state index in [0.717, 1.165) is 12.1 Å². The van der Waals surface area contributed by atoms with Gasteiger partial charge in [0.05, 0.1) is 37.1 Å². The number of likely N-dealkylation sites (tertiary alicyclic amines) is 1. The lowest BCUT2D eigenvalue weighted by molar-refractivity contribution is -0.148. The first kappa shape index (κ1) is 19.1. The number of carbonyl (C=O) groups excluding carboxylic acids is 3. The highest BCUT2D eigenvalue weighted by atomic mass is 16.5. The number of methoxy groups -OCH3 is 1. The zero-order valence-corrected chi connectivity index (χ0v) is 15.0. The van der Waals surface area contributed by atoms with E-state index in [1.807, 2.05) is 13.2 Å². The van der Waals surface area contributed by atoms with Gasteiger partial charge in [0, 0.05) is 32.6 Å². The molecule has 1 aliphatic rings. The van der Waals surface area contributed by atoms with Crippen LogP contribution in [0, 0.1) is 5.92 Å². The molecule has 1 aliphatic heterocycles. The third kappa shape index (κ3) is 4.66. The average Bonchev–Trinajstić information content (AvgIpc) is 3.21. The summed E-state index contributed by atoms with van der Waals surface area (Å²) in [5.74, 6) is -1.41. The first-order valence-electron chi connectivity index (χ1n) is 8.47. The smallest absolute Gasteiger partial charge is 0.309 e. The summed E-state index contributed by atoms with van der Waals surface area (Å²) in [5.41, 5.74) is 6.39. The number of amides is 1. The van der Waals surface area contributed by atoms with Crippen LogP contribution in [-0.2, 0) is 32.6 Å². The molecule has 25 heavy (non-hydrogen) atoms. The Morgan fingerprint density at radius 3 is 2.72 bits per heavy atom. The summed E-state index contributed by atoms with van der Waals surface area (Å²) in [6, 6.07) is -1.15. The van der Waals surface area contributed by atoms with Gasteiger partial charge in [0.2, 0.25) is 5.91 Å². The summed E-state index contributed by atoms with van der Waals surface area (Å²) in [6.45, 7) is 2.14. The minimum Gasteiger partial charge on any atom is -0.469 e. The zero-order valence-electron chi connectivity index (χ0n) is 15.0. The molecule has 0 spiro atoms. The standard InChI is InChI=1S/C17H26N4O4/c1-11(18)16(23)21-6-4-5-14(21)15(22)8-12(17(24)25-3)7-13-9-20(2)10-19-13/h9-12,14H,4-8,18H2,1-3H3/t11-,12-,14+/m1/s1. The van der Waals surface area contributed by atoms with E-state index in [2.05, 4.69) is 4.98 Å². The summed E-state index contributed by atoms with van der Waals surface area (Å²) in [4.78, 5) is 42.8. The van der Waals surface area contributed by atoms with E-state index in [4.69, 9.17) is 10.5 Å². The van der Waals surface area contributed by atoms with Gasteiger partial charge in [-0.1, -0.05) is 0 Å². The van der Waals surface area contributed by atoms with Gasteiger partial charge in [0.15, 0.2) is 5.78 Å². The molecular weight excluding hydrogens is 324 g/mol. The van der Waals surface area contributed by atoms with E-state index in [9.17, 15) is 14.4 Å². The summed E-state index contributed by atoms with van der Waals surface area (Å²) in [5, 5.41) is 0. The third-order valence-corrected chi connectivity index (χ3v) is 4.49. The Labute approximate surface area is 147 Å². The van der Waals surface area contributed by atoms with Crippen LogP contribution in [0.3, 0.4) is 0 Å². The van der Waals surface area contributed by atoms with Crippen molar-refractivity contribution in [2.75, 3.05) is 13.7 Å². The van der Waals surface area contributed by atoms with Crippen LogP contribution in [0.15, 0.2) is 12.5 Å². The molecule has 0 bridgehead atoms. The number of hydrogen-bond acceptors (Lipinski definition) is 6. The molecule has 1 saturated heterocycles. The fourth-order valence-electron chi connectivity index (χ4n) is 3.24. The molecule has 0 aromatic carbocycles. The largest absolute Gasteiger partial charge is 0.469 e. The van der Waals surface area contributed by atoms with Crippen molar-refractivity contribution in [3.63, 3.8) is 0 Å². The molecule has 1 aromatic rings. The molecule has 8 heteroatoms. The van der Waals surface area contributed by atoms with Gasteiger partial charge in [-0.3, -0.25) is 14.4 Å². The van der Waals surface area contributed by atoms with Gasteiger partial charge in [-0.25, -0.2) is 4.98 Å². The molecular formula is C17H26N4O4. The summed E-state index contributed by atoms with van der Waals surface area (Å²) < 4.78 is 6.62. The van der Waals surface area contributed by atoms with Gasteiger partial charge >= 0.3 is 5.97 Å². The van der Waals surface area contributed by atoms with Gasteiger partial charge in [0.25, 0.3) is 0 Å². The Morgan fingerprint density at radius 2 is 2.16 bits per heavy atom. The summed E-state index contributed by atoms with van der Waals surface area (Å²) in [7, 11) is 3.14. The second-order valence-electron chi connectivity index (χ2n) is 6.60. The molecule has 2 heterocycles. The fraction of sp³-hybridized carbons (Fsp3) is 0.647. The van der Waals surface area contributed by atoms with Crippen LogP contribution >= 0.6 is 0 Å². The number of ketones is 1. The first-order valence-corrected chi connectivity index (χ1v) is 8.47. The Balaban J connectivity index is 2.08. The molecule has 0 aliphatic carbocycles. The van der Waals surface area contributed by atoms with Crippen LogP contribution in [0.25, 0.3) is 0 Å². The predicted octanol–water partition coefficient (Wildman–Crippen LogP) is 0.0492. The number of aryl methyl sites for hydroxylation is 1. The second kappa shape index (κ2) is 8.24. The fourth-order valence-corrected chi connectivity index (χ4v) is 3.24. The van der Waals surface area contributed by atoms with Crippen molar-refractivity contribution in [1.82, 2.24) is 14.5 Å². The monoisotopic (exact) mass is 350 g/mol. The normalized spacial score (nSPS) is 19.5. The minimum absolute atomic E-state index is 0.0245. The van der Waals surface area contributed by atoms with Crippen molar-refractivity contribution in [3.8, 4) is 0 Å². The first-order chi connectivity index (χ1) is 11.8. The van der Waals surface area contributed by atoms with Crippen molar-refractivity contribution >= 4 is 17.7 Å². The molecule has 138 valence electrons. The Hall–Kier alpha value is -2.22. The molecule has 1 amide bonds. The van der Waals surface area contributed by atoms with Crippen molar-refractivity contribution in [3.05, 3.63) is 18.2 Å². The predicted molar refractivity (Wildman–Crippen MR) is 90.4 cm³/mol. The lowest BCUT2D eigenvalue weighted by Crippen LogP contribution is -2.47. The van der Waals surface area contributed by atoms with Gasteiger partial charge in [-0.15, -0.1) is 0 Å². The van der Waals surface area contributed by atoms with E-state index >= 15 is 0 Å². The van der Waals surface area contributed by atoms with Crippen LogP contribution < -0.4 is 5.73 Å². The van der Waals surface area contributed by atoms with Crippen LogP contribution in [0.5, 0.6) is 0 Å². The Bertz CT molecular complexity index is 640. The van der Waals surface area contributed by atoms with E-state index in [-0.39, 0.29) is 18.1 Å². The number of aromatic nitrogens is 2. The number of carbonyl (C=O) groups is 3. The summed E-state index contributed by atoms with van der Waals surface area (Å²) in [6.07, 6.45) is 5.17. The number of esters is 1. The van der Waals surface area contributed by atoms with Crippen LogP contribution in [0.1, 0.15) is 31.9 Å². The van der Waals surface area contributed by atoms with Crippen LogP contribution in [-0.4, -0.2) is 57.8 Å². The number of hydrogen-bond donors (Lipinski definition) is 1. The number of nitrogens with two attached hydrogens (primary N) is 1. The number of nitrogens with zero attached hydrogens (tertiary/aromatic N) is 3. The zero-order chi connectivity index (χ0) is 18.6. The van der Waals surface area contributed by atoms with Crippen LogP contribution in [0.4, 0.5) is 0 Å². The van der Waals surface area contributed by atoms with E-state index < -0.39 is 24.0 Å². The molecule has 1 fully saturated rings. The highest BCUT2D eigenvalue weighted by Gasteiger charge is 2.37. The molecule has 0 radical (unpaired) electrons. The quantitative estimate of drug-likeness (QED) is 0.696. The SMILES string of the molecule is COC(=O)[C@@H](CC(=O)[C@@H]1CCCN1C(=O)[C@@H](C)N)Cc1cn(C)cn1. The number of ether oxygens (including phenoxy) is 1. The van der Waals surface area contributed by atoms with E-state index in [1.54, 1.807) is 22.7 Å². The Kier molecular flexibility index (Phi) is 6.30. The number of imidazole rings is 1. The maximum atomic E-state index is 12.7.